The lowest BCUT2D eigenvalue weighted by atomic mass is 9.76. The Hall–Kier alpha value is -3.73. The van der Waals surface area contributed by atoms with Gasteiger partial charge in [-0.2, -0.15) is 0 Å². The van der Waals surface area contributed by atoms with E-state index < -0.39 is 0 Å². The van der Waals surface area contributed by atoms with Crippen LogP contribution in [0.25, 0.3) is 11.1 Å². The van der Waals surface area contributed by atoms with Gasteiger partial charge in [-0.1, -0.05) is 43.2 Å². The number of benzene rings is 2. The summed E-state index contributed by atoms with van der Waals surface area (Å²) < 4.78 is 12.5. The molecule has 4 aliphatic rings. The zero-order valence-electron chi connectivity index (χ0n) is 25.4. The molecule has 212 valence electrons. The monoisotopic (exact) mass is 548 g/mol. The first kappa shape index (κ1) is 27.4. The summed E-state index contributed by atoms with van der Waals surface area (Å²) in [6, 6.07) is 12.1. The molecule has 0 bridgehead atoms. The fraction of sp³-hybridized carbons (Fsp3) is 0.417. The number of hydrogen-bond acceptors (Lipinski definition) is 5. The predicted octanol–water partition coefficient (Wildman–Crippen LogP) is 6.69. The van der Waals surface area contributed by atoms with Crippen LogP contribution in [0.3, 0.4) is 0 Å². The highest BCUT2D eigenvalue weighted by atomic mass is 16.5. The van der Waals surface area contributed by atoms with E-state index in [1.165, 1.54) is 16.7 Å². The van der Waals surface area contributed by atoms with Crippen molar-refractivity contribution in [2.24, 2.45) is 9.98 Å². The minimum absolute atomic E-state index is 0.129. The normalized spacial score (nSPS) is 21.6. The molecule has 3 heterocycles. The van der Waals surface area contributed by atoms with Crippen LogP contribution < -0.4 is 15.3 Å². The molecule has 0 spiro atoms. The van der Waals surface area contributed by atoms with E-state index in [4.69, 9.17) is 19.5 Å². The maximum atomic E-state index is 13.4. The lowest BCUT2D eigenvalue weighted by Crippen LogP contribution is -2.40. The maximum absolute atomic E-state index is 13.4. The molecule has 0 N–H and O–H groups in total. The molecule has 0 aromatic heterocycles. The van der Waals surface area contributed by atoms with Crippen LogP contribution in [0.4, 0.5) is 0 Å². The summed E-state index contributed by atoms with van der Waals surface area (Å²) in [7, 11) is 0. The Labute approximate surface area is 243 Å². The molecule has 1 atom stereocenters. The second kappa shape index (κ2) is 9.97. The lowest BCUT2D eigenvalue weighted by molar-refractivity contribution is 0.0499. The van der Waals surface area contributed by atoms with Gasteiger partial charge in [0.15, 0.2) is 0 Å². The van der Waals surface area contributed by atoms with Gasteiger partial charge in [0.25, 0.3) is 0 Å². The molecule has 2 aromatic carbocycles. The van der Waals surface area contributed by atoms with Crippen molar-refractivity contribution in [2.75, 3.05) is 6.61 Å². The summed E-state index contributed by atoms with van der Waals surface area (Å²) in [5.74, 6) is 0.509. The van der Waals surface area contributed by atoms with E-state index in [1.807, 2.05) is 24.3 Å². The molecule has 41 heavy (non-hydrogen) atoms. The lowest BCUT2D eigenvalue weighted by Gasteiger charge is -2.38. The van der Waals surface area contributed by atoms with Crippen LogP contribution >= 0.6 is 0 Å². The van der Waals surface area contributed by atoms with Crippen molar-refractivity contribution in [1.82, 2.24) is 0 Å². The number of rotatable bonds is 5. The summed E-state index contributed by atoms with van der Waals surface area (Å²) in [6.45, 7) is 15.5. The SMILES string of the molecule is CCCCOC(=O)c1ccccc1C1=c2cc3c(cc2OC2CC4=NC(C)(C)CC(C)=C4C=C12)=NC(C)(C)C=C3C. The molecule has 0 radical (unpaired) electrons. The van der Waals surface area contributed by atoms with E-state index in [-0.39, 0.29) is 23.2 Å². The molecule has 1 unspecified atom stereocenters. The van der Waals surface area contributed by atoms with Crippen LogP contribution in [0.2, 0.25) is 0 Å². The number of carbonyl (C=O) groups is 1. The van der Waals surface area contributed by atoms with E-state index in [0.29, 0.717) is 18.6 Å². The predicted molar refractivity (Wildman–Crippen MR) is 165 cm³/mol. The Kier molecular flexibility index (Phi) is 6.67. The molecule has 2 aromatic rings. The van der Waals surface area contributed by atoms with Crippen molar-refractivity contribution >= 4 is 22.8 Å². The largest absolute Gasteiger partial charge is 0.485 e. The number of carbonyl (C=O) groups excluding carboxylic acids is 1. The highest BCUT2D eigenvalue weighted by molar-refractivity contribution is 6.08. The number of dihydropyridines is 1. The zero-order valence-corrected chi connectivity index (χ0v) is 25.4. The van der Waals surface area contributed by atoms with Gasteiger partial charge < -0.3 is 9.47 Å². The van der Waals surface area contributed by atoms with Gasteiger partial charge in [0.1, 0.15) is 11.9 Å². The van der Waals surface area contributed by atoms with Gasteiger partial charge in [-0.25, -0.2) is 4.79 Å². The smallest absolute Gasteiger partial charge is 0.338 e. The van der Waals surface area contributed by atoms with Gasteiger partial charge in [0, 0.05) is 40.1 Å². The fourth-order valence-corrected chi connectivity index (χ4v) is 6.79. The third-order valence-corrected chi connectivity index (χ3v) is 8.41. The second-order valence-electron chi connectivity index (χ2n) is 13.0. The minimum atomic E-state index is -0.287. The van der Waals surface area contributed by atoms with Crippen molar-refractivity contribution < 1.29 is 14.3 Å². The average molecular weight is 549 g/mol. The molecule has 5 heteroatoms. The quantitative estimate of drug-likeness (QED) is 0.309. The Morgan fingerprint density at radius 2 is 1.85 bits per heavy atom. The molecule has 0 amide bonds. The van der Waals surface area contributed by atoms with Gasteiger partial charge in [-0.15, -0.1) is 0 Å². The van der Waals surface area contributed by atoms with E-state index in [9.17, 15) is 4.79 Å². The summed E-state index contributed by atoms with van der Waals surface area (Å²) >= 11 is 0. The van der Waals surface area contributed by atoms with Crippen LogP contribution in [0.1, 0.15) is 95.6 Å². The summed E-state index contributed by atoms with van der Waals surface area (Å²) in [4.78, 5) is 23.6. The van der Waals surface area contributed by atoms with E-state index >= 15 is 0 Å². The number of ether oxygens (including phenoxy) is 2. The molecular weight excluding hydrogens is 508 g/mol. The van der Waals surface area contributed by atoms with Gasteiger partial charge in [0.05, 0.1) is 28.6 Å². The molecule has 1 aliphatic carbocycles. The van der Waals surface area contributed by atoms with Gasteiger partial charge in [0.2, 0.25) is 0 Å². The number of fused-ring (bicyclic) bond motifs is 4. The number of unbranched alkanes of at least 4 members (excludes halogenated alkanes) is 1. The molecule has 0 saturated carbocycles. The van der Waals surface area contributed by atoms with Gasteiger partial charge >= 0.3 is 5.97 Å². The molecule has 6 rings (SSSR count). The fourth-order valence-electron chi connectivity index (χ4n) is 6.79. The maximum Gasteiger partial charge on any atom is 0.338 e. The van der Waals surface area contributed by atoms with Gasteiger partial charge in [-0.3, -0.25) is 9.98 Å². The van der Waals surface area contributed by atoms with Crippen molar-refractivity contribution in [2.45, 2.75) is 91.3 Å². The Morgan fingerprint density at radius 3 is 2.63 bits per heavy atom. The van der Waals surface area contributed by atoms with E-state index in [0.717, 1.165) is 63.6 Å². The Bertz CT molecular complexity index is 1720. The molecular formula is C36H40N2O3. The van der Waals surface area contributed by atoms with Crippen molar-refractivity contribution in [3.8, 4) is 5.75 Å². The minimum Gasteiger partial charge on any atom is -0.485 e. The number of allylic oxidation sites excluding steroid dienone is 3. The van der Waals surface area contributed by atoms with Gasteiger partial charge in [-0.05, 0) is 89.3 Å². The van der Waals surface area contributed by atoms with Crippen molar-refractivity contribution in [3.05, 3.63) is 92.5 Å². The molecule has 0 saturated heterocycles. The summed E-state index contributed by atoms with van der Waals surface area (Å²) in [5, 5.41) is 1.92. The topological polar surface area (TPSA) is 60.2 Å². The van der Waals surface area contributed by atoms with Crippen LogP contribution in [-0.4, -0.2) is 35.5 Å². The van der Waals surface area contributed by atoms with Crippen LogP contribution in [-0.2, 0) is 4.74 Å². The highest BCUT2D eigenvalue weighted by Gasteiger charge is 2.38. The van der Waals surface area contributed by atoms with Crippen molar-refractivity contribution in [3.63, 3.8) is 0 Å². The first-order chi connectivity index (χ1) is 19.5. The molecule has 5 nitrogen and oxygen atoms in total. The third kappa shape index (κ3) is 5.00. The summed E-state index contributed by atoms with van der Waals surface area (Å²) in [6.07, 6.45) is 7.70. The number of nitrogens with zero attached hydrogens (tertiary/aromatic N) is 2. The second-order valence-corrected chi connectivity index (χ2v) is 13.0. The number of aliphatic imine (C=N–C) groups is 1. The Balaban J connectivity index is 1.63. The standard InChI is InChI=1S/C36H40N2O3/c1-8-9-14-40-34(39)24-13-11-10-12-23(24)33-27-15-25-21(2)19-35(4,5)37-29(25)17-31(27)41-32-18-30-26(16-28(32)33)22(3)20-36(6,7)38-30/h10-13,15-17,19,32H,8-9,14,18,20H2,1-7H3. The Morgan fingerprint density at radius 1 is 1.07 bits per heavy atom. The van der Waals surface area contributed by atoms with E-state index in [2.05, 4.69) is 72.8 Å². The van der Waals surface area contributed by atoms with Crippen LogP contribution in [0.5, 0.6) is 5.75 Å². The first-order valence-electron chi connectivity index (χ1n) is 14.9. The third-order valence-electron chi connectivity index (χ3n) is 8.41. The molecule has 3 aliphatic heterocycles. The number of hydrogen-bond donors (Lipinski definition) is 0. The number of esters is 1. The zero-order chi connectivity index (χ0) is 29.1. The first-order valence-corrected chi connectivity index (χ1v) is 14.9. The van der Waals surface area contributed by atoms with E-state index in [1.54, 1.807) is 0 Å². The van der Waals surface area contributed by atoms with Crippen LogP contribution in [0, 0.1) is 0 Å². The highest BCUT2D eigenvalue weighted by Crippen LogP contribution is 2.41. The molecule has 0 fully saturated rings. The van der Waals surface area contributed by atoms with Crippen LogP contribution in [0.15, 0.2) is 75.3 Å². The summed E-state index contributed by atoms with van der Waals surface area (Å²) in [5.41, 5.74) is 9.10. The average Bonchev–Trinajstić information content (AvgIpc) is 2.89. The van der Waals surface area contributed by atoms with Crippen molar-refractivity contribution in [1.29, 1.82) is 0 Å².